The van der Waals surface area contributed by atoms with E-state index in [2.05, 4.69) is 10.2 Å². The molecule has 0 aliphatic heterocycles. The van der Waals surface area contributed by atoms with Gasteiger partial charge in [0.1, 0.15) is 0 Å². The normalized spacial score (nSPS) is 14.4. The van der Waals surface area contributed by atoms with Crippen LogP contribution in [0.4, 0.5) is 0 Å². The zero-order valence-electron chi connectivity index (χ0n) is 12.5. The number of carbonyl (C=O) groups is 1. The van der Waals surface area contributed by atoms with Gasteiger partial charge in [-0.25, -0.2) is 4.79 Å². The molecule has 1 aliphatic carbocycles. The van der Waals surface area contributed by atoms with E-state index in [1.807, 2.05) is 36.4 Å². The lowest BCUT2D eigenvalue weighted by Crippen LogP contribution is -2.11. The SMILES string of the molecule is COC(=O)C1=C(c2cc(-c3ccccc3)n[nH]2)CCCC1.Cl. The molecule has 22 heavy (non-hydrogen) atoms. The monoisotopic (exact) mass is 318 g/mol. The van der Waals surface area contributed by atoms with Gasteiger partial charge in [0.15, 0.2) is 0 Å². The number of nitrogens with zero attached hydrogens (tertiary/aromatic N) is 1. The third-order valence-corrected chi connectivity index (χ3v) is 3.87. The number of methoxy groups -OCH3 is 1. The average molecular weight is 319 g/mol. The molecule has 0 atom stereocenters. The predicted molar refractivity (Wildman–Crippen MR) is 88.7 cm³/mol. The van der Waals surface area contributed by atoms with E-state index in [0.29, 0.717) is 0 Å². The third-order valence-electron chi connectivity index (χ3n) is 3.87. The molecule has 0 fully saturated rings. The van der Waals surface area contributed by atoms with Gasteiger partial charge in [0, 0.05) is 11.1 Å². The Morgan fingerprint density at radius 1 is 1.18 bits per heavy atom. The number of ether oxygens (including phenoxy) is 1. The van der Waals surface area contributed by atoms with Crippen LogP contribution in [-0.4, -0.2) is 23.3 Å². The Bertz CT molecular complexity index is 677. The summed E-state index contributed by atoms with van der Waals surface area (Å²) in [4.78, 5) is 11.9. The minimum atomic E-state index is -0.222. The van der Waals surface area contributed by atoms with Crippen molar-refractivity contribution in [3.8, 4) is 11.3 Å². The highest BCUT2D eigenvalue weighted by atomic mass is 35.5. The van der Waals surface area contributed by atoms with E-state index in [4.69, 9.17) is 4.74 Å². The molecule has 0 radical (unpaired) electrons. The molecule has 1 aliphatic rings. The van der Waals surface area contributed by atoms with E-state index >= 15 is 0 Å². The Morgan fingerprint density at radius 2 is 1.91 bits per heavy atom. The topological polar surface area (TPSA) is 55.0 Å². The number of H-pyrrole nitrogens is 1. The first-order chi connectivity index (χ1) is 10.3. The zero-order valence-corrected chi connectivity index (χ0v) is 13.3. The molecular formula is C17H19ClN2O2. The van der Waals surface area contributed by atoms with Crippen molar-refractivity contribution in [2.75, 3.05) is 7.11 Å². The second kappa shape index (κ2) is 7.27. The van der Waals surface area contributed by atoms with Crippen LogP contribution in [0.2, 0.25) is 0 Å². The number of esters is 1. The van der Waals surface area contributed by atoms with Crippen LogP contribution in [0, 0.1) is 0 Å². The molecule has 0 spiro atoms. The van der Waals surface area contributed by atoms with Gasteiger partial charge >= 0.3 is 5.97 Å². The number of hydrogen-bond acceptors (Lipinski definition) is 3. The fourth-order valence-corrected chi connectivity index (χ4v) is 2.78. The van der Waals surface area contributed by atoms with Gasteiger partial charge in [-0.15, -0.1) is 12.4 Å². The van der Waals surface area contributed by atoms with E-state index in [9.17, 15) is 4.79 Å². The van der Waals surface area contributed by atoms with Crippen LogP contribution >= 0.6 is 12.4 Å². The first kappa shape index (κ1) is 16.3. The highest BCUT2D eigenvalue weighted by Gasteiger charge is 2.22. The number of allylic oxidation sites excluding steroid dienone is 1. The smallest absolute Gasteiger partial charge is 0.334 e. The zero-order chi connectivity index (χ0) is 14.7. The summed E-state index contributed by atoms with van der Waals surface area (Å²) in [7, 11) is 1.43. The molecule has 1 N–H and O–H groups in total. The number of rotatable bonds is 3. The van der Waals surface area contributed by atoms with Crippen LogP contribution in [0.1, 0.15) is 31.4 Å². The maximum atomic E-state index is 11.9. The lowest BCUT2D eigenvalue weighted by atomic mass is 9.89. The minimum Gasteiger partial charge on any atom is -0.466 e. The van der Waals surface area contributed by atoms with Crippen LogP contribution in [-0.2, 0) is 9.53 Å². The van der Waals surface area contributed by atoms with Crippen LogP contribution < -0.4 is 0 Å². The largest absolute Gasteiger partial charge is 0.466 e. The van der Waals surface area contributed by atoms with Gasteiger partial charge in [0.05, 0.1) is 18.5 Å². The number of aromatic nitrogens is 2. The Balaban J connectivity index is 0.00000176. The summed E-state index contributed by atoms with van der Waals surface area (Å²) in [6, 6.07) is 12.0. The second-order valence-corrected chi connectivity index (χ2v) is 5.19. The molecule has 1 heterocycles. The quantitative estimate of drug-likeness (QED) is 0.870. The molecule has 1 aromatic carbocycles. The first-order valence-electron chi connectivity index (χ1n) is 7.21. The number of nitrogens with one attached hydrogen (secondary N) is 1. The molecule has 4 nitrogen and oxygen atoms in total. The van der Waals surface area contributed by atoms with E-state index in [1.54, 1.807) is 0 Å². The molecular weight excluding hydrogens is 300 g/mol. The van der Waals surface area contributed by atoms with Gasteiger partial charge in [-0.3, -0.25) is 5.10 Å². The Morgan fingerprint density at radius 3 is 2.64 bits per heavy atom. The van der Waals surface area contributed by atoms with Gasteiger partial charge in [-0.1, -0.05) is 30.3 Å². The fraction of sp³-hybridized carbons (Fsp3) is 0.294. The van der Waals surface area contributed by atoms with Gasteiger partial charge in [-0.2, -0.15) is 5.10 Å². The Labute approximate surface area is 136 Å². The van der Waals surface area contributed by atoms with E-state index < -0.39 is 0 Å². The van der Waals surface area contributed by atoms with Crippen molar-refractivity contribution >= 4 is 23.9 Å². The second-order valence-electron chi connectivity index (χ2n) is 5.19. The summed E-state index contributed by atoms with van der Waals surface area (Å²) >= 11 is 0. The highest BCUT2D eigenvalue weighted by Crippen LogP contribution is 2.33. The number of aromatic amines is 1. The number of halogens is 1. The van der Waals surface area contributed by atoms with Gasteiger partial charge in [0.2, 0.25) is 0 Å². The van der Waals surface area contributed by atoms with Crippen molar-refractivity contribution in [2.24, 2.45) is 0 Å². The van der Waals surface area contributed by atoms with Gasteiger partial charge < -0.3 is 4.74 Å². The molecule has 0 saturated heterocycles. The van der Waals surface area contributed by atoms with Crippen molar-refractivity contribution in [3.05, 3.63) is 47.7 Å². The summed E-state index contributed by atoms with van der Waals surface area (Å²) in [5, 5.41) is 7.44. The van der Waals surface area contributed by atoms with Crippen LogP contribution in [0.25, 0.3) is 16.8 Å². The van der Waals surface area contributed by atoms with E-state index in [-0.39, 0.29) is 18.4 Å². The average Bonchev–Trinajstić information content (AvgIpc) is 3.05. The molecule has 0 amide bonds. The van der Waals surface area contributed by atoms with Crippen molar-refractivity contribution in [1.82, 2.24) is 10.2 Å². The molecule has 2 aromatic rings. The van der Waals surface area contributed by atoms with Crippen LogP contribution in [0.3, 0.4) is 0 Å². The van der Waals surface area contributed by atoms with Crippen molar-refractivity contribution in [2.45, 2.75) is 25.7 Å². The lowest BCUT2D eigenvalue weighted by Gasteiger charge is -2.17. The van der Waals surface area contributed by atoms with Crippen LogP contribution in [0.5, 0.6) is 0 Å². The summed E-state index contributed by atoms with van der Waals surface area (Å²) in [5.41, 5.74) is 4.72. The van der Waals surface area contributed by atoms with Gasteiger partial charge in [-0.05, 0) is 37.3 Å². The van der Waals surface area contributed by atoms with E-state index in [1.165, 1.54) is 7.11 Å². The summed E-state index contributed by atoms with van der Waals surface area (Å²) in [5.74, 6) is -0.222. The third kappa shape index (κ3) is 3.22. The summed E-state index contributed by atoms with van der Waals surface area (Å²) in [6.07, 6.45) is 3.80. The fourth-order valence-electron chi connectivity index (χ4n) is 2.78. The minimum absolute atomic E-state index is 0. The molecule has 116 valence electrons. The maximum absolute atomic E-state index is 11.9. The van der Waals surface area contributed by atoms with E-state index in [0.717, 1.165) is 53.8 Å². The number of benzene rings is 1. The highest BCUT2D eigenvalue weighted by molar-refractivity contribution is 5.97. The lowest BCUT2D eigenvalue weighted by molar-refractivity contribution is -0.136. The molecule has 0 saturated carbocycles. The van der Waals surface area contributed by atoms with Crippen LogP contribution in [0.15, 0.2) is 42.0 Å². The molecule has 3 rings (SSSR count). The summed E-state index contributed by atoms with van der Waals surface area (Å²) in [6.45, 7) is 0. The molecule has 5 heteroatoms. The van der Waals surface area contributed by atoms with Gasteiger partial charge in [0.25, 0.3) is 0 Å². The standard InChI is InChI=1S/C17H18N2O2.ClH/c1-21-17(20)14-10-6-5-9-13(14)16-11-15(18-19-16)12-7-3-2-4-8-12;/h2-4,7-8,11H,5-6,9-10H2,1H3,(H,18,19);1H. The Kier molecular flexibility index (Phi) is 5.39. The number of carbonyl (C=O) groups excluding carboxylic acids is 1. The van der Waals surface area contributed by atoms with Crippen molar-refractivity contribution < 1.29 is 9.53 Å². The van der Waals surface area contributed by atoms with Crippen molar-refractivity contribution in [3.63, 3.8) is 0 Å². The molecule has 1 aromatic heterocycles. The first-order valence-corrected chi connectivity index (χ1v) is 7.21. The molecule has 0 bridgehead atoms. The number of hydrogen-bond donors (Lipinski definition) is 1. The predicted octanol–water partition coefficient (Wildman–Crippen LogP) is 4.00. The Hall–Kier alpha value is -2.07. The van der Waals surface area contributed by atoms with Crippen molar-refractivity contribution in [1.29, 1.82) is 0 Å². The maximum Gasteiger partial charge on any atom is 0.334 e. The molecule has 0 unspecified atom stereocenters. The summed E-state index contributed by atoms with van der Waals surface area (Å²) < 4.78 is 4.90.